The molecule has 1 aliphatic heterocycles. The lowest BCUT2D eigenvalue weighted by Crippen LogP contribution is -2.49. The Kier molecular flexibility index (Phi) is 4.97. The summed E-state index contributed by atoms with van der Waals surface area (Å²) in [5, 5.41) is 0. The van der Waals surface area contributed by atoms with E-state index in [1.807, 2.05) is 41.5 Å². The van der Waals surface area contributed by atoms with Crippen molar-refractivity contribution in [1.29, 1.82) is 0 Å². The van der Waals surface area contributed by atoms with E-state index in [0.717, 1.165) is 6.29 Å². The average Bonchev–Trinajstić information content (AvgIpc) is 2.46. The summed E-state index contributed by atoms with van der Waals surface area (Å²) in [5.74, 6) is 0. The molecule has 1 heterocycles. The minimum absolute atomic E-state index is 0.115. The van der Waals surface area contributed by atoms with E-state index in [-0.39, 0.29) is 18.2 Å². The molecule has 1 amide bonds. The van der Waals surface area contributed by atoms with Crippen LogP contribution in [0, 0.1) is 0 Å². The predicted molar refractivity (Wildman–Crippen MR) is 76.3 cm³/mol. The van der Waals surface area contributed by atoms with Gasteiger partial charge >= 0.3 is 6.09 Å². The van der Waals surface area contributed by atoms with Crippen LogP contribution in [0.5, 0.6) is 0 Å². The van der Waals surface area contributed by atoms with Crippen molar-refractivity contribution in [3.05, 3.63) is 12.2 Å². The van der Waals surface area contributed by atoms with E-state index in [4.69, 9.17) is 9.47 Å². The second-order valence-corrected chi connectivity index (χ2v) is 6.49. The first kappa shape index (κ1) is 16.7. The van der Waals surface area contributed by atoms with E-state index in [1.165, 1.54) is 6.08 Å². The van der Waals surface area contributed by atoms with Gasteiger partial charge in [0.05, 0.1) is 12.1 Å². The summed E-state index contributed by atoms with van der Waals surface area (Å²) in [6.07, 6.45) is 3.99. The topological polar surface area (TPSA) is 55.8 Å². The van der Waals surface area contributed by atoms with Crippen LogP contribution in [0.1, 0.15) is 48.0 Å². The summed E-state index contributed by atoms with van der Waals surface area (Å²) < 4.78 is 11.3. The van der Waals surface area contributed by atoms with Crippen LogP contribution in [-0.2, 0) is 14.3 Å². The second kappa shape index (κ2) is 5.95. The van der Waals surface area contributed by atoms with Crippen molar-refractivity contribution in [2.24, 2.45) is 0 Å². The first-order valence-electron chi connectivity index (χ1n) is 6.89. The molecule has 1 rings (SSSR count). The molecule has 114 valence electrons. The summed E-state index contributed by atoms with van der Waals surface area (Å²) in [5.41, 5.74) is -1.26. The monoisotopic (exact) mass is 283 g/mol. The summed E-state index contributed by atoms with van der Waals surface area (Å²) in [6.45, 7) is 11.1. The van der Waals surface area contributed by atoms with Gasteiger partial charge in [-0.25, -0.2) is 4.79 Å². The van der Waals surface area contributed by atoms with Gasteiger partial charge in [0.25, 0.3) is 0 Å². The van der Waals surface area contributed by atoms with Gasteiger partial charge in [0.1, 0.15) is 17.6 Å². The quantitative estimate of drug-likeness (QED) is 0.590. The molecule has 0 aromatic carbocycles. The number of carbonyl (C=O) groups excluding carboxylic acids is 2. The van der Waals surface area contributed by atoms with Gasteiger partial charge in [-0.15, -0.1) is 0 Å². The maximum atomic E-state index is 12.3. The van der Waals surface area contributed by atoms with Gasteiger partial charge in [-0.3, -0.25) is 9.69 Å². The Labute approximate surface area is 120 Å². The van der Waals surface area contributed by atoms with Gasteiger partial charge in [-0.2, -0.15) is 0 Å². The highest BCUT2D eigenvalue weighted by molar-refractivity contribution is 5.70. The highest BCUT2D eigenvalue weighted by Gasteiger charge is 2.48. The molecular weight excluding hydrogens is 258 g/mol. The van der Waals surface area contributed by atoms with Gasteiger partial charge in [0.15, 0.2) is 0 Å². The number of ether oxygens (including phenoxy) is 2. The summed E-state index contributed by atoms with van der Waals surface area (Å²) >= 11 is 0. The molecule has 1 saturated heterocycles. The van der Waals surface area contributed by atoms with Gasteiger partial charge in [0, 0.05) is 0 Å². The normalized spacial score (nSPS) is 26.0. The summed E-state index contributed by atoms with van der Waals surface area (Å²) in [7, 11) is 0. The van der Waals surface area contributed by atoms with Crippen LogP contribution in [0.4, 0.5) is 4.79 Å². The lowest BCUT2D eigenvalue weighted by molar-refractivity contribution is -0.104. The van der Waals surface area contributed by atoms with Crippen molar-refractivity contribution in [3.8, 4) is 0 Å². The summed E-state index contributed by atoms with van der Waals surface area (Å²) in [6, 6.07) is -0.115. The Morgan fingerprint density at radius 2 is 2.00 bits per heavy atom. The third-order valence-corrected chi connectivity index (χ3v) is 3.14. The molecule has 0 bridgehead atoms. The smallest absolute Gasteiger partial charge is 0.412 e. The third kappa shape index (κ3) is 4.07. The molecule has 20 heavy (non-hydrogen) atoms. The molecule has 5 nitrogen and oxygen atoms in total. The Morgan fingerprint density at radius 3 is 2.50 bits per heavy atom. The zero-order valence-corrected chi connectivity index (χ0v) is 13.2. The van der Waals surface area contributed by atoms with Crippen molar-refractivity contribution < 1.29 is 19.1 Å². The highest BCUT2D eigenvalue weighted by atomic mass is 16.6. The average molecular weight is 283 g/mol. The first-order valence-corrected chi connectivity index (χ1v) is 6.89. The Bertz CT molecular complexity index is 395. The van der Waals surface area contributed by atoms with E-state index in [1.54, 1.807) is 11.0 Å². The largest absolute Gasteiger partial charge is 0.444 e. The van der Waals surface area contributed by atoms with Crippen LogP contribution < -0.4 is 0 Å². The lowest BCUT2D eigenvalue weighted by atomic mass is 10.1. The Hall–Kier alpha value is -1.36. The second-order valence-electron chi connectivity index (χ2n) is 6.49. The molecule has 1 fully saturated rings. The summed E-state index contributed by atoms with van der Waals surface area (Å²) in [4.78, 5) is 24.2. The fraction of sp³-hybridized carbons (Fsp3) is 0.733. The molecule has 0 saturated carbocycles. The fourth-order valence-electron chi connectivity index (χ4n) is 2.39. The van der Waals surface area contributed by atoms with Crippen molar-refractivity contribution >= 4 is 12.4 Å². The molecule has 0 unspecified atom stereocenters. The van der Waals surface area contributed by atoms with Gasteiger partial charge in [-0.1, -0.05) is 6.08 Å². The zero-order valence-electron chi connectivity index (χ0n) is 13.2. The van der Waals surface area contributed by atoms with Crippen LogP contribution in [0.15, 0.2) is 12.2 Å². The number of hydrogen-bond acceptors (Lipinski definition) is 4. The number of rotatable bonds is 3. The van der Waals surface area contributed by atoms with E-state index >= 15 is 0 Å². The Balaban J connectivity index is 2.82. The van der Waals surface area contributed by atoms with Crippen molar-refractivity contribution in [3.63, 3.8) is 0 Å². The molecule has 0 radical (unpaired) electrons. The van der Waals surface area contributed by atoms with Crippen molar-refractivity contribution in [1.82, 2.24) is 4.90 Å². The molecule has 5 heteroatoms. The van der Waals surface area contributed by atoms with E-state index in [0.29, 0.717) is 6.42 Å². The van der Waals surface area contributed by atoms with Crippen LogP contribution >= 0.6 is 0 Å². The van der Waals surface area contributed by atoms with Crippen LogP contribution in [0.25, 0.3) is 0 Å². The van der Waals surface area contributed by atoms with Gasteiger partial charge in [-0.05, 0) is 54.0 Å². The highest BCUT2D eigenvalue weighted by Crippen LogP contribution is 2.34. The maximum absolute atomic E-state index is 12.3. The fourth-order valence-corrected chi connectivity index (χ4v) is 2.39. The molecule has 0 N–H and O–H groups in total. The SMILES string of the molecule is C[C@@H]1[C@@H](C/C=C/C=O)OC(C)(C)N1C(=O)OC(C)(C)C. The molecule has 2 atom stereocenters. The minimum Gasteiger partial charge on any atom is -0.444 e. The molecule has 0 spiro atoms. The molecule has 0 aromatic rings. The van der Waals surface area contributed by atoms with E-state index < -0.39 is 11.3 Å². The van der Waals surface area contributed by atoms with Crippen LogP contribution in [0.3, 0.4) is 0 Å². The van der Waals surface area contributed by atoms with E-state index in [2.05, 4.69) is 0 Å². The first-order chi connectivity index (χ1) is 9.08. The van der Waals surface area contributed by atoms with Gasteiger partial charge in [0.2, 0.25) is 0 Å². The molecule has 0 aromatic heterocycles. The minimum atomic E-state index is -0.721. The third-order valence-electron chi connectivity index (χ3n) is 3.14. The van der Waals surface area contributed by atoms with Crippen molar-refractivity contribution in [2.75, 3.05) is 0 Å². The van der Waals surface area contributed by atoms with Crippen molar-refractivity contribution in [2.45, 2.75) is 71.4 Å². The lowest BCUT2D eigenvalue weighted by Gasteiger charge is -2.34. The van der Waals surface area contributed by atoms with Crippen LogP contribution in [0.2, 0.25) is 0 Å². The number of nitrogens with zero attached hydrogens (tertiary/aromatic N) is 1. The predicted octanol–water partition coefficient (Wildman–Crippen LogP) is 2.89. The number of carbonyl (C=O) groups is 2. The number of allylic oxidation sites excluding steroid dienone is 1. The number of hydrogen-bond donors (Lipinski definition) is 0. The number of aldehydes is 1. The zero-order chi connectivity index (χ0) is 15.6. The molecule has 1 aliphatic rings. The molecule has 0 aliphatic carbocycles. The molecular formula is C15H25NO4. The van der Waals surface area contributed by atoms with E-state index in [9.17, 15) is 9.59 Å². The van der Waals surface area contributed by atoms with Crippen LogP contribution in [-0.4, -0.2) is 40.8 Å². The van der Waals surface area contributed by atoms with Gasteiger partial charge < -0.3 is 9.47 Å². The number of amides is 1. The standard InChI is InChI=1S/C15H25NO4/c1-11-12(9-7-8-10-17)19-15(5,6)16(11)13(18)20-14(2,3)4/h7-8,10-12H,9H2,1-6H3/b8-7+/t11-,12-/m1/s1. The Morgan fingerprint density at radius 1 is 1.40 bits per heavy atom. The maximum Gasteiger partial charge on any atom is 0.412 e.